The van der Waals surface area contributed by atoms with Crippen LogP contribution < -0.4 is 11.1 Å². The number of rotatable bonds is 3. The summed E-state index contributed by atoms with van der Waals surface area (Å²) >= 11 is 4.95. The van der Waals surface area contributed by atoms with Gasteiger partial charge in [0, 0.05) is 27.6 Å². The van der Waals surface area contributed by atoms with E-state index in [4.69, 9.17) is 5.73 Å². The zero-order chi connectivity index (χ0) is 15.0. The number of amides is 1. The number of carbonyl (C=O) groups is 1. The van der Waals surface area contributed by atoms with E-state index in [0.29, 0.717) is 16.5 Å². The lowest BCUT2D eigenvalue weighted by Crippen LogP contribution is -2.30. The molecular formula is C15H18BrN3OS. The van der Waals surface area contributed by atoms with Crippen LogP contribution in [0.1, 0.15) is 16.1 Å². The first kappa shape index (κ1) is 14.8. The van der Waals surface area contributed by atoms with Crippen LogP contribution in [-0.2, 0) is 0 Å². The molecule has 1 fully saturated rings. The van der Waals surface area contributed by atoms with Crippen molar-refractivity contribution in [1.29, 1.82) is 0 Å². The van der Waals surface area contributed by atoms with Crippen molar-refractivity contribution in [2.45, 2.75) is 6.42 Å². The van der Waals surface area contributed by atoms with Crippen LogP contribution in [0.25, 0.3) is 10.1 Å². The number of nitrogens with one attached hydrogen (secondary N) is 1. The van der Waals surface area contributed by atoms with E-state index in [2.05, 4.69) is 33.2 Å². The van der Waals surface area contributed by atoms with Gasteiger partial charge in [0.25, 0.3) is 5.91 Å². The first-order valence-electron chi connectivity index (χ1n) is 6.99. The number of nitrogen functional groups attached to an aromatic ring is 1. The molecule has 6 heteroatoms. The van der Waals surface area contributed by atoms with Crippen molar-refractivity contribution in [3.63, 3.8) is 0 Å². The van der Waals surface area contributed by atoms with E-state index >= 15 is 0 Å². The summed E-state index contributed by atoms with van der Waals surface area (Å²) in [5.41, 5.74) is 6.73. The summed E-state index contributed by atoms with van der Waals surface area (Å²) in [6, 6.07) is 5.89. The highest BCUT2D eigenvalue weighted by atomic mass is 79.9. The number of thiophene rings is 1. The number of fused-ring (bicyclic) bond motifs is 1. The highest BCUT2D eigenvalue weighted by Gasteiger charge is 2.22. The summed E-state index contributed by atoms with van der Waals surface area (Å²) in [4.78, 5) is 15.3. The molecule has 1 aromatic heterocycles. The number of anilines is 1. The molecule has 3 rings (SSSR count). The number of benzene rings is 1. The predicted octanol–water partition coefficient (Wildman–Crippen LogP) is 2.93. The van der Waals surface area contributed by atoms with Crippen molar-refractivity contribution in [1.82, 2.24) is 10.2 Å². The fourth-order valence-corrected chi connectivity index (χ4v) is 4.58. The Hall–Kier alpha value is -1.11. The van der Waals surface area contributed by atoms with Gasteiger partial charge in [0.15, 0.2) is 0 Å². The molecule has 1 saturated heterocycles. The maximum absolute atomic E-state index is 12.4. The molecule has 3 N–H and O–H groups in total. The molecule has 0 aliphatic carbocycles. The summed E-state index contributed by atoms with van der Waals surface area (Å²) in [5, 5.41) is 3.97. The normalized spacial score (nSPS) is 19.2. The van der Waals surface area contributed by atoms with E-state index in [0.717, 1.165) is 40.6 Å². The molecule has 1 amide bonds. The van der Waals surface area contributed by atoms with Gasteiger partial charge in [0.1, 0.15) is 4.88 Å². The monoisotopic (exact) mass is 367 g/mol. The van der Waals surface area contributed by atoms with Crippen LogP contribution in [0.4, 0.5) is 5.69 Å². The average molecular weight is 368 g/mol. The number of halogens is 1. The van der Waals surface area contributed by atoms with Gasteiger partial charge in [-0.1, -0.05) is 22.0 Å². The molecule has 0 spiro atoms. The molecule has 1 aliphatic heterocycles. The number of hydrogen-bond donors (Lipinski definition) is 2. The molecule has 1 atom stereocenters. The summed E-state index contributed by atoms with van der Waals surface area (Å²) in [6.07, 6.45) is 1.14. The first-order chi connectivity index (χ1) is 10.1. The quantitative estimate of drug-likeness (QED) is 0.876. The van der Waals surface area contributed by atoms with Crippen molar-refractivity contribution in [2.75, 3.05) is 32.4 Å². The van der Waals surface area contributed by atoms with E-state index < -0.39 is 0 Å². The Kier molecular flexibility index (Phi) is 4.19. The second-order valence-corrected chi connectivity index (χ2v) is 7.49. The second-order valence-electron chi connectivity index (χ2n) is 5.58. The maximum Gasteiger partial charge on any atom is 0.263 e. The predicted molar refractivity (Wildman–Crippen MR) is 91.9 cm³/mol. The summed E-state index contributed by atoms with van der Waals surface area (Å²) < 4.78 is 1.97. The highest BCUT2D eigenvalue weighted by Crippen LogP contribution is 2.38. The molecule has 1 aliphatic rings. The number of hydrogen-bond acceptors (Lipinski definition) is 4. The van der Waals surface area contributed by atoms with E-state index in [9.17, 15) is 4.79 Å². The van der Waals surface area contributed by atoms with Crippen LogP contribution in [-0.4, -0.2) is 37.5 Å². The Morgan fingerprint density at radius 3 is 3.05 bits per heavy atom. The topological polar surface area (TPSA) is 58.4 Å². The van der Waals surface area contributed by atoms with Crippen LogP contribution >= 0.6 is 27.3 Å². The zero-order valence-corrected chi connectivity index (χ0v) is 14.3. The molecule has 2 aromatic rings. The van der Waals surface area contributed by atoms with Gasteiger partial charge in [0.05, 0.1) is 5.69 Å². The van der Waals surface area contributed by atoms with Gasteiger partial charge in [-0.25, -0.2) is 0 Å². The molecule has 21 heavy (non-hydrogen) atoms. The van der Waals surface area contributed by atoms with Gasteiger partial charge in [-0.05, 0) is 38.1 Å². The van der Waals surface area contributed by atoms with Crippen molar-refractivity contribution in [3.8, 4) is 0 Å². The SMILES string of the molecule is CN1CCC(CNC(=O)c2sc3cccc(Br)c3c2N)C1. The Balaban J connectivity index is 1.76. The molecule has 1 unspecified atom stereocenters. The Morgan fingerprint density at radius 1 is 1.57 bits per heavy atom. The van der Waals surface area contributed by atoms with Crippen LogP contribution in [0.2, 0.25) is 0 Å². The van der Waals surface area contributed by atoms with Crippen LogP contribution in [0.3, 0.4) is 0 Å². The lowest BCUT2D eigenvalue weighted by molar-refractivity contribution is 0.0952. The number of carbonyl (C=O) groups excluding carboxylic acids is 1. The molecule has 1 aromatic carbocycles. The first-order valence-corrected chi connectivity index (χ1v) is 8.60. The average Bonchev–Trinajstić information content (AvgIpc) is 3.01. The molecule has 0 bridgehead atoms. The van der Waals surface area contributed by atoms with Crippen molar-refractivity contribution in [3.05, 3.63) is 27.5 Å². The van der Waals surface area contributed by atoms with Gasteiger partial charge < -0.3 is 16.0 Å². The molecular weight excluding hydrogens is 350 g/mol. The van der Waals surface area contributed by atoms with Gasteiger partial charge in [0.2, 0.25) is 0 Å². The van der Waals surface area contributed by atoms with E-state index in [1.165, 1.54) is 11.3 Å². The minimum absolute atomic E-state index is 0.0600. The van der Waals surface area contributed by atoms with Gasteiger partial charge in [-0.2, -0.15) is 0 Å². The summed E-state index contributed by atoms with van der Waals surface area (Å²) in [6.45, 7) is 2.88. The lowest BCUT2D eigenvalue weighted by Gasteiger charge is -2.11. The Labute approximate surface area is 136 Å². The van der Waals surface area contributed by atoms with Crippen LogP contribution in [0.15, 0.2) is 22.7 Å². The fourth-order valence-electron chi connectivity index (χ4n) is 2.81. The second kappa shape index (κ2) is 5.94. The van der Waals surface area contributed by atoms with Crippen molar-refractivity contribution in [2.24, 2.45) is 5.92 Å². The lowest BCUT2D eigenvalue weighted by atomic mass is 10.1. The molecule has 4 nitrogen and oxygen atoms in total. The number of nitrogens with two attached hydrogens (primary N) is 1. The van der Waals surface area contributed by atoms with Gasteiger partial charge >= 0.3 is 0 Å². The Morgan fingerprint density at radius 2 is 2.38 bits per heavy atom. The summed E-state index contributed by atoms with van der Waals surface area (Å²) in [5.74, 6) is 0.483. The third kappa shape index (κ3) is 2.93. The zero-order valence-electron chi connectivity index (χ0n) is 11.9. The minimum atomic E-state index is -0.0600. The molecule has 0 saturated carbocycles. The standard InChI is InChI=1S/C15H18BrN3OS/c1-19-6-5-9(8-19)7-18-15(20)14-13(17)12-10(16)3-2-4-11(12)21-14/h2-4,9H,5-8,17H2,1H3,(H,18,20). The van der Waals surface area contributed by atoms with E-state index in [-0.39, 0.29) is 5.91 Å². The highest BCUT2D eigenvalue weighted by molar-refractivity contribution is 9.10. The number of likely N-dealkylation sites (tertiary alicyclic amines) is 1. The minimum Gasteiger partial charge on any atom is -0.397 e. The smallest absolute Gasteiger partial charge is 0.263 e. The largest absolute Gasteiger partial charge is 0.397 e. The van der Waals surface area contributed by atoms with Crippen LogP contribution in [0.5, 0.6) is 0 Å². The van der Waals surface area contributed by atoms with Crippen LogP contribution in [0, 0.1) is 5.92 Å². The fraction of sp³-hybridized carbons (Fsp3) is 0.400. The molecule has 112 valence electrons. The van der Waals surface area contributed by atoms with E-state index in [1.54, 1.807) is 0 Å². The van der Waals surface area contributed by atoms with Gasteiger partial charge in [-0.3, -0.25) is 4.79 Å². The van der Waals surface area contributed by atoms with Gasteiger partial charge in [-0.15, -0.1) is 11.3 Å². The summed E-state index contributed by atoms with van der Waals surface area (Å²) in [7, 11) is 2.11. The maximum atomic E-state index is 12.4. The van der Waals surface area contributed by atoms with Crippen molar-refractivity contribution < 1.29 is 4.79 Å². The number of nitrogens with zero attached hydrogens (tertiary/aromatic N) is 1. The van der Waals surface area contributed by atoms with Crippen molar-refractivity contribution >= 4 is 48.9 Å². The molecule has 2 heterocycles. The van der Waals surface area contributed by atoms with E-state index in [1.807, 2.05) is 18.2 Å². The third-order valence-electron chi connectivity index (χ3n) is 3.95. The molecule has 0 radical (unpaired) electrons. The third-order valence-corrected chi connectivity index (χ3v) is 5.78. The Bertz CT molecular complexity index is 685.